The fourth-order valence-electron chi connectivity index (χ4n) is 4.09. The highest BCUT2D eigenvalue weighted by atomic mass is 16.5. The minimum absolute atomic E-state index is 0.188. The lowest BCUT2D eigenvalue weighted by Gasteiger charge is -2.26. The second kappa shape index (κ2) is 7.32. The van der Waals surface area contributed by atoms with Crippen molar-refractivity contribution in [1.82, 2.24) is 10.2 Å². The van der Waals surface area contributed by atoms with Crippen LogP contribution in [0, 0.1) is 5.41 Å². The van der Waals surface area contributed by atoms with E-state index in [4.69, 9.17) is 9.73 Å². The maximum atomic E-state index is 10.2. The molecule has 132 valence electrons. The summed E-state index contributed by atoms with van der Waals surface area (Å²) in [5.41, 5.74) is 1.31. The van der Waals surface area contributed by atoms with E-state index >= 15 is 0 Å². The first-order valence-electron chi connectivity index (χ1n) is 9.05. The van der Waals surface area contributed by atoms with Gasteiger partial charge in [0, 0.05) is 25.2 Å². The lowest BCUT2D eigenvalue weighted by atomic mass is 9.86. The minimum atomic E-state index is 0.188. The predicted molar refractivity (Wildman–Crippen MR) is 96.6 cm³/mol. The summed E-state index contributed by atoms with van der Waals surface area (Å²) in [6.07, 6.45) is 6.75. The van der Waals surface area contributed by atoms with Gasteiger partial charge < -0.3 is 20.1 Å². The summed E-state index contributed by atoms with van der Waals surface area (Å²) < 4.78 is 5.18. The number of phenols is 1. The summed E-state index contributed by atoms with van der Waals surface area (Å²) in [6, 6.07) is 5.55. The quantitative estimate of drug-likeness (QED) is 0.657. The molecule has 0 unspecified atom stereocenters. The van der Waals surface area contributed by atoms with Gasteiger partial charge in [-0.05, 0) is 37.7 Å². The number of aliphatic imine (C=N–C) groups is 1. The van der Waals surface area contributed by atoms with Crippen LogP contribution in [-0.2, 0) is 6.54 Å². The first-order chi connectivity index (χ1) is 11.7. The molecule has 1 heterocycles. The maximum absolute atomic E-state index is 10.2. The van der Waals surface area contributed by atoms with Gasteiger partial charge in [-0.2, -0.15) is 0 Å². The predicted octanol–water partition coefficient (Wildman–Crippen LogP) is 3.13. The van der Waals surface area contributed by atoms with Gasteiger partial charge in [-0.25, -0.2) is 4.99 Å². The highest BCUT2D eigenvalue weighted by molar-refractivity contribution is 5.80. The molecule has 1 spiro atoms. The van der Waals surface area contributed by atoms with Crippen molar-refractivity contribution in [3.63, 3.8) is 0 Å². The topological polar surface area (TPSA) is 57.1 Å². The molecule has 1 aromatic rings. The number of benzene rings is 1. The fraction of sp³-hybridized carbons (Fsp3) is 0.632. The average molecular weight is 331 g/mol. The number of ether oxygens (including phenoxy) is 1. The molecule has 0 radical (unpaired) electrons. The third-order valence-corrected chi connectivity index (χ3v) is 5.44. The van der Waals surface area contributed by atoms with E-state index in [1.807, 2.05) is 12.1 Å². The molecule has 5 heteroatoms. The van der Waals surface area contributed by atoms with E-state index in [1.54, 1.807) is 13.2 Å². The standard InChI is InChI=1S/C19H29N3O2/c1-3-20-18(22-12-11-19(14-22)9-4-5-10-19)21-13-15-7-6-8-16(24-2)17(15)23/h6-8,23H,3-5,9-14H2,1-2H3,(H,20,21). The van der Waals surface area contributed by atoms with Crippen molar-refractivity contribution in [2.45, 2.75) is 45.6 Å². The van der Waals surface area contributed by atoms with Crippen molar-refractivity contribution in [3.8, 4) is 11.5 Å². The van der Waals surface area contributed by atoms with Gasteiger partial charge in [0.25, 0.3) is 0 Å². The Morgan fingerprint density at radius 2 is 2.12 bits per heavy atom. The van der Waals surface area contributed by atoms with Crippen LogP contribution in [0.5, 0.6) is 11.5 Å². The number of hydrogen-bond donors (Lipinski definition) is 2. The molecule has 1 saturated heterocycles. The molecule has 2 fully saturated rings. The first kappa shape index (κ1) is 16.9. The summed E-state index contributed by atoms with van der Waals surface area (Å²) in [4.78, 5) is 7.17. The molecular weight excluding hydrogens is 302 g/mol. The normalized spacial score (nSPS) is 19.9. The Morgan fingerprint density at radius 3 is 2.83 bits per heavy atom. The zero-order chi connectivity index (χ0) is 17.0. The molecule has 0 bridgehead atoms. The zero-order valence-corrected chi connectivity index (χ0v) is 14.8. The van der Waals surface area contributed by atoms with Gasteiger partial charge in [0.2, 0.25) is 0 Å². The highest BCUT2D eigenvalue weighted by Gasteiger charge is 2.41. The van der Waals surface area contributed by atoms with Crippen molar-refractivity contribution in [2.75, 3.05) is 26.7 Å². The van der Waals surface area contributed by atoms with Crippen LogP contribution in [0.2, 0.25) is 0 Å². The Bertz CT molecular complexity index is 594. The molecule has 3 rings (SSSR count). The van der Waals surface area contributed by atoms with Gasteiger partial charge in [0.05, 0.1) is 13.7 Å². The monoisotopic (exact) mass is 331 g/mol. The number of nitrogens with one attached hydrogen (secondary N) is 1. The van der Waals surface area contributed by atoms with Gasteiger partial charge in [0.1, 0.15) is 0 Å². The van der Waals surface area contributed by atoms with E-state index in [9.17, 15) is 5.11 Å². The van der Waals surface area contributed by atoms with E-state index < -0.39 is 0 Å². The van der Waals surface area contributed by atoms with Crippen LogP contribution in [0.25, 0.3) is 0 Å². The molecule has 2 aliphatic rings. The van der Waals surface area contributed by atoms with Crippen LogP contribution in [0.15, 0.2) is 23.2 Å². The minimum Gasteiger partial charge on any atom is -0.504 e. The Balaban J connectivity index is 1.73. The van der Waals surface area contributed by atoms with E-state index in [0.717, 1.165) is 31.2 Å². The summed E-state index contributed by atoms with van der Waals surface area (Å²) in [6.45, 7) is 5.60. The molecule has 0 aromatic heterocycles. The van der Waals surface area contributed by atoms with Crippen molar-refractivity contribution in [1.29, 1.82) is 0 Å². The molecule has 0 amide bonds. The number of aromatic hydroxyl groups is 1. The maximum Gasteiger partial charge on any atom is 0.194 e. The number of nitrogens with zero attached hydrogens (tertiary/aromatic N) is 2. The Kier molecular flexibility index (Phi) is 5.17. The van der Waals surface area contributed by atoms with Crippen LogP contribution in [0.3, 0.4) is 0 Å². The fourth-order valence-corrected chi connectivity index (χ4v) is 4.09. The largest absolute Gasteiger partial charge is 0.504 e. The van der Waals surface area contributed by atoms with Crippen molar-refractivity contribution >= 4 is 5.96 Å². The Hall–Kier alpha value is -1.91. The van der Waals surface area contributed by atoms with Gasteiger partial charge in [-0.3, -0.25) is 0 Å². The Labute approximate surface area is 144 Å². The highest BCUT2D eigenvalue weighted by Crippen LogP contribution is 2.45. The van der Waals surface area contributed by atoms with Crippen LogP contribution in [0.4, 0.5) is 0 Å². The third-order valence-electron chi connectivity index (χ3n) is 5.44. The molecule has 1 aromatic carbocycles. The van der Waals surface area contributed by atoms with Crippen molar-refractivity contribution in [3.05, 3.63) is 23.8 Å². The summed E-state index contributed by atoms with van der Waals surface area (Å²) >= 11 is 0. The third kappa shape index (κ3) is 3.45. The van der Waals surface area contributed by atoms with E-state index in [1.165, 1.54) is 32.1 Å². The number of phenolic OH excluding ortho intramolecular Hbond substituents is 1. The molecule has 5 nitrogen and oxygen atoms in total. The van der Waals surface area contributed by atoms with E-state index in [-0.39, 0.29) is 5.75 Å². The zero-order valence-electron chi connectivity index (χ0n) is 14.8. The second-order valence-electron chi connectivity index (χ2n) is 7.02. The van der Waals surface area contributed by atoms with Crippen LogP contribution in [-0.4, -0.2) is 42.7 Å². The van der Waals surface area contributed by atoms with Gasteiger partial charge in [-0.15, -0.1) is 0 Å². The first-order valence-corrected chi connectivity index (χ1v) is 9.05. The average Bonchev–Trinajstić information content (AvgIpc) is 3.23. The molecular formula is C19H29N3O2. The van der Waals surface area contributed by atoms with E-state index in [0.29, 0.717) is 17.7 Å². The summed E-state index contributed by atoms with van der Waals surface area (Å²) in [7, 11) is 1.57. The SMILES string of the molecule is CCNC(=NCc1cccc(OC)c1O)N1CCC2(CCCC2)C1. The number of methoxy groups -OCH3 is 1. The molecule has 1 aliphatic carbocycles. The second-order valence-corrected chi connectivity index (χ2v) is 7.02. The van der Waals surface area contributed by atoms with Crippen molar-refractivity contribution < 1.29 is 9.84 Å². The number of rotatable bonds is 4. The Morgan fingerprint density at radius 1 is 1.33 bits per heavy atom. The van der Waals surface area contributed by atoms with Crippen LogP contribution >= 0.6 is 0 Å². The molecule has 24 heavy (non-hydrogen) atoms. The number of guanidine groups is 1. The number of para-hydroxylation sites is 1. The van der Waals surface area contributed by atoms with Crippen LogP contribution in [0.1, 0.15) is 44.6 Å². The van der Waals surface area contributed by atoms with Crippen molar-refractivity contribution in [2.24, 2.45) is 10.4 Å². The van der Waals surface area contributed by atoms with Gasteiger partial charge >= 0.3 is 0 Å². The lowest BCUT2D eigenvalue weighted by Crippen LogP contribution is -2.41. The number of hydrogen-bond acceptors (Lipinski definition) is 3. The van der Waals surface area contributed by atoms with E-state index in [2.05, 4.69) is 17.1 Å². The summed E-state index contributed by atoms with van der Waals surface area (Å²) in [5, 5.41) is 13.6. The molecule has 1 aliphatic heterocycles. The molecule has 1 saturated carbocycles. The lowest BCUT2D eigenvalue weighted by molar-refractivity contribution is 0.309. The smallest absolute Gasteiger partial charge is 0.194 e. The summed E-state index contributed by atoms with van der Waals surface area (Å²) in [5.74, 6) is 1.65. The van der Waals surface area contributed by atoms with Gasteiger partial charge in [0.15, 0.2) is 17.5 Å². The number of likely N-dealkylation sites (tertiary alicyclic amines) is 1. The molecule has 0 atom stereocenters. The van der Waals surface area contributed by atoms with Gasteiger partial charge in [-0.1, -0.05) is 25.0 Å². The molecule has 2 N–H and O–H groups in total. The van der Waals surface area contributed by atoms with Crippen LogP contribution < -0.4 is 10.1 Å².